The number of carbonyl (C=O) groups excluding carboxylic acids is 2. The van der Waals surface area contributed by atoms with Gasteiger partial charge in [0.2, 0.25) is 5.91 Å². The van der Waals surface area contributed by atoms with Crippen LogP contribution in [0.25, 0.3) is 0 Å². The Morgan fingerprint density at radius 2 is 0.718 bits per heavy atom. The van der Waals surface area contributed by atoms with E-state index in [9.17, 15) is 19.0 Å². The lowest BCUT2D eigenvalue weighted by atomic mass is 10.0. The second-order valence-electron chi connectivity index (χ2n) is 26.1. The van der Waals surface area contributed by atoms with E-state index in [1.807, 2.05) is 33.3 Å². The fraction of sp³-hybridized carbons (Fsp3) is 0.840. The second-order valence-corrected chi connectivity index (χ2v) is 27.5. The topological polar surface area (TPSA) is 114 Å². The van der Waals surface area contributed by atoms with Crippen LogP contribution in [0.15, 0.2) is 60.8 Å². The molecule has 0 rings (SSSR count). The van der Waals surface area contributed by atoms with E-state index in [0.717, 1.165) is 89.9 Å². The normalized spacial score (nSPS) is 13.8. The van der Waals surface area contributed by atoms with Gasteiger partial charge in [0.15, 0.2) is 0 Å². The van der Waals surface area contributed by atoms with E-state index < -0.39 is 20.0 Å². The summed E-state index contributed by atoms with van der Waals surface area (Å²) in [6.45, 7) is 6.87. The zero-order chi connectivity index (χ0) is 62.1. The number of carbonyl (C=O) groups is 2. The van der Waals surface area contributed by atoms with Crippen molar-refractivity contribution in [1.82, 2.24) is 5.32 Å². The summed E-state index contributed by atoms with van der Waals surface area (Å²) in [5.74, 6) is -0.531. The van der Waals surface area contributed by atoms with Gasteiger partial charge in [-0.3, -0.25) is 14.2 Å². The van der Waals surface area contributed by atoms with E-state index in [2.05, 4.69) is 74.7 Å². The average molecular weight is 1210 g/mol. The molecule has 0 aromatic heterocycles. The minimum absolute atomic E-state index is 0.0230. The van der Waals surface area contributed by atoms with Crippen LogP contribution in [0.5, 0.6) is 0 Å². The number of hydrogen-bond acceptors (Lipinski definition) is 7. The van der Waals surface area contributed by atoms with Gasteiger partial charge in [0.25, 0.3) is 7.82 Å². The maximum atomic E-state index is 13.6. The van der Waals surface area contributed by atoms with Gasteiger partial charge in [0.05, 0.1) is 33.8 Å². The lowest BCUT2D eigenvalue weighted by Crippen LogP contribution is -2.47. The Labute approximate surface area is 528 Å². The van der Waals surface area contributed by atoms with E-state index in [0.29, 0.717) is 17.4 Å². The molecule has 0 spiro atoms. The average Bonchev–Trinajstić information content (AvgIpc) is 3.64. The molecular weight excluding hydrogens is 1070 g/mol. The highest BCUT2D eigenvalue weighted by Gasteiger charge is 2.27. The summed E-state index contributed by atoms with van der Waals surface area (Å²) in [5.41, 5.74) is 0. The molecular formula is C75H141N2O7P. The number of amides is 1. The van der Waals surface area contributed by atoms with Gasteiger partial charge in [-0.2, -0.15) is 0 Å². The number of ether oxygens (including phenoxy) is 1. The van der Waals surface area contributed by atoms with Crippen molar-refractivity contribution < 1.29 is 37.3 Å². The Hall–Kier alpha value is -2.29. The standard InChI is InChI=1S/C75H141N2O7P/c1-7-10-13-16-19-22-25-28-30-32-34-36-37-38-39-41-42-44-46-49-52-55-58-61-64-67-74(78)76-72(71-83-85(80,81)82-70-69-77(4,5)6)73(66-63-60-57-54-51-48-27-24-21-18-15-12-9-3)84-75(79)68-65-62-59-56-53-50-47-45-43-40-35-33-31-29-26-23-20-17-14-11-8-2/h19,22,28,30,34,36,38-39,63,66,72-73H,7-18,20-21,23-27,29,31-33,35,37,40-62,64-65,67-71H2,1-6H3,(H-,76,78,80,81)/b22-19-,30-28-,36-34-,39-38-,66-63+. The SMILES string of the molecule is CCCCC/C=C\C/C=C\C/C=C\C/C=C\CCCCCCCCCCCC(=O)NC(COP(=O)([O-])OCC[N+](C)(C)C)C(/C=C/CCCCCCCCCCCCC)OC(=O)CCCCCCCCCCCCCCCCCCCCCCC. The predicted molar refractivity (Wildman–Crippen MR) is 367 cm³/mol. The number of likely N-dealkylation sites (N-methyl/N-ethyl adjacent to an activating group) is 1. The molecule has 3 unspecified atom stereocenters. The lowest BCUT2D eigenvalue weighted by molar-refractivity contribution is -0.870. The van der Waals surface area contributed by atoms with E-state index in [4.69, 9.17) is 13.8 Å². The first kappa shape index (κ1) is 82.7. The number of hydrogen-bond donors (Lipinski definition) is 1. The van der Waals surface area contributed by atoms with Gasteiger partial charge in [-0.05, 0) is 76.7 Å². The number of nitrogens with one attached hydrogen (secondary N) is 1. The van der Waals surface area contributed by atoms with E-state index in [1.54, 1.807) is 0 Å². The highest BCUT2D eigenvalue weighted by molar-refractivity contribution is 7.45. The van der Waals surface area contributed by atoms with Gasteiger partial charge in [-0.1, -0.05) is 326 Å². The summed E-state index contributed by atoms with van der Waals surface area (Å²) in [5, 5.41) is 3.05. The van der Waals surface area contributed by atoms with Crippen LogP contribution >= 0.6 is 7.82 Å². The molecule has 85 heavy (non-hydrogen) atoms. The summed E-state index contributed by atoms with van der Waals surface area (Å²) in [7, 11) is 1.19. The highest BCUT2D eigenvalue weighted by Crippen LogP contribution is 2.38. The van der Waals surface area contributed by atoms with Crippen molar-refractivity contribution in [2.24, 2.45) is 0 Å². The summed E-state index contributed by atoms with van der Waals surface area (Å²) < 4.78 is 30.5. The molecule has 0 aromatic carbocycles. The number of rotatable bonds is 67. The van der Waals surface area contributed by atoms with Gasteiger partial charge in [0, 0.05) is 12.8 Å². The first-order valence-corrected chi connectivity index (χ1v) is 38.1. The van der Waals surface area contributed by atoms with Crippen LogP contribution < -0.4 is 10.2 Å². The van der Waals surface area contributed by atoms with Crippen LogP contribution in [0, 0.1) is 0 Å². The van der Waals surface area contributed by atoms with Gasteiger partial charge in [-0.15, -0.1) is 0 Å². The van der Waals surface area contributed by atoms with E-state index in [-0.39, 0.29) is 31.5 Å². The number of unbranched alkanes of at least 4 members (excludes halogenated alkanes) is 43. The molecule has 0 aliphatic heterocycles. The highest BCUT2D eigenvalue weighted by atomic mass is 31.2. The van der Waals surface area contributed by atoms with E-state index >= 15 is 0 Å². The third-order valence-corrected chi connectivity index (χ3v) is 17.4. The molecule has 498 valence electrons. The molecule has 0 bridgehead atoms. The Morgan fingerprint density at radius 1 is 0.412 bits per heavy atom. The van der Waals surface area contributed by atoms with Gasteiger partial charge >= 0.3 is 5.97 Å². The van der Waals surface area contributed by atoms with Gasteiger partial charge < -0.3 is 28.5 Å². The molecule has 9 nitrogen and oxygen atoms in total. The van der Waals surface area contributed by atoms with Crippen molar-refractivity contribution in [3.8, 4) is 0 Å². The monoisotopic (exact) mass is 1210 g/mol. The van der Waals surface area contributed by atoms with Crippen molar-refractivity contribution in [3.63, 3.8) is 0 Å². The summed E-state index contributed by atoms with van der Waals surface area (Å²) in [6, 6.07) is -0.892. The summed E-state index contributed by atoms with van der Waals surface area (Å²) >= 11 is 0. The second kappa shape index (κ2) is 64.7. The Bertz CT molecular complexity index is 1640. The number of phosphoric ester groups is 1. The molecule has 0 aromatic rings. The van der Waals surface area contributed by atoms with Crippen LogP contribution in [0.3, 0.4) is 0 Å². The molecule has 10 heteroatoms. The Morgan fingerprint density at radius 3 is 1.09 bits per heavy atom. The maximum Gasteiger partial charge on any atom is 0.306 e. The zero-order valence-electron chi connectivity index (χ0n) is 57.1. The van der Waals surface area contributed by atoms with Gasteiger partial charge in [-0.25, -0.2) is 0 Å². The molecule has 0 saturated heterocycles. The summed E-state index contributed by atoms with van der Waals surface area (Å²) in [6.07, 6.45) is 83.4. The summed E-state index contributed by atoms with van der Waals surface area (Å²) in [4.78, 5) is 40.2. The van der Waals surface area contributed by atoms with Crippen LogP contribution in [-0.2, 0) is 27.9 Å². The Balaban J connectivity index is 5.08. The molecule has 3 atom stereocenters. The van der Waals surface area contributed by atoms with Gasteiger partial charge in [0.1, 0.15) is 19.3 Å². The van der Waals surface area contributed by atoms with Crippen LogP contribution in [0.1, 0.15) is 355 Å². The van der Waals surface area contributed by atoms with Crippen LogP contribution in [-0.4, -0.2) is 69.4 Å². The molecule has 1 amide bonds. The number of phosphoric acid groups is 1. The smallest absolute Gasteiger partial charge is 0.306 e. The third-order valence-electron chi connectivity index (χ3n) is 16.5. The Kier molecular flexibility index (Phi) is 62.9. The van der Waals surface area contributed by atoms with Crippen molar-refractivity contribution in [3.05, 3.63) is 60.8 Å². The molecule has 0 saturated carbocycles. The fourth-order valence-electron chi connectivity index (χ4n) is 10.8. The van der Waals surface area contributed by atoms with Crippen LogP contribution in [0.4, 0.5) is 0 Å². The molecule has 0 radical (unpaired) electrons. The quantitative estimate of drug-likeness (QED) is 0.0212. The molecule has 0 heterocycles. The first-order valence-electron chi connectivity index (χ1n) is 36.6. The van der Waals surface area contributed by atoms with Crippen molar-refractivity contribution >= 4 is 19.7 Å². The largest absolute Gasteiger partial charge is 0.756 e. The minimum Gasteiger partial charge on any atom is -0.756 e. The van der Waals surface area contributed by atoms with Crippen molar-refractivity contribution in [1.29, 1.82) is 0 Å². The number of esters is 1. The molecule has 0 aliphatic carbocycles. The van der Waals surface area contributed by atoms with Crippen LogP contribution in [0.2, 0.25) is 0 Å². The fourth-order valence-corrected chi connectivity index (χ4v) is 11.5. The zero-order valence-corrected chi connectivity index (χ0v) is 58.0. The first-order chi connectivity index (χ1) is 41.4. The number of nitrogens with zero attached hydrogens (tertiary/aromatic N) is 1. The maximum absolute atomic E-state index is 13.6. The van der Waals surface area contributed by atoms with Crippen molar-refractivity contribution in [2.45, 2.75) is 367 Å². The molecule has 0 aliphatic rings. The minimum atomic E-state index is -4.71. The molecule has 1 N–H and O–H groups in total. The number of allylic oxidation sites excluding steroid dienone is 9. The number of quaternary nitrogens is 1. The molecule has 0 fully saturated rings. The third kappa shape index (κ3) is 66.0. The van der Waals surface area contributed by atoms with Crippen molar-refractivity contribution in [2.75, 3.05) is 40.9 Å². The predicted octanol–water partition coefficient (Wildman–Crippen LogP) is 22.7. The van der Waals surface area contributed by atoms with E-state index in [1.165, 1.54) is 231 Å². The lowest BCUT2D eigenvalue weighted by Gasteiger charge is -2.30.